The smallest absolute Gasteiger partial charge is 0.241 e. The topological polar surface area (TPSA) is 66.0 Å². The Bertz CT molecular complexity index is 892. The molecule has 6 nitrogen and oxygen atoms in total. The summed E-state index contributed by atoms with van der Waals surface area (Å²) in [6.07, 6.45) is 1.84. The van der Waals surface area contributed by atoms with Crippen molar-refractivity contribution in [2.75, 3.05) is 34.3 Å². The largest absolute Gasteiger partial charge is 0.497 e. The summed E-state index contributed by atoms with van der Waals surface area (Å²) in [4.78, 5) is 18.1. The average Bonchev–Trinajstić information content (AvgIpc) is 3.54. The van der Waals surface area contributed by atoms with Gasteiger partial charge in [-0.3, -0.25) is 4.79 Å². The van der Waals surface area contributed by atoms with Gasteiger partial charge in [-0.25, -0.2) is 9.38 Å². The maximum Gasteiger partial charge on any atom is 0.241 e. The molecule has 160 valence electrons. The van der Waals surface area contributed by atoms with Crippen molar-refractivity contribution in [3.05, 3.63) is 65.5 Å². The van der Waals surface area contributed by atoms with Crippen molar-refractivity contribution in [1.82, 2.24) is 15.5 Å². The molecule has 30 heavy (non-hydrogen) atoms. The Morgan fingerprint density at radius 2 is 1.83 bits per heavy atom. The SMILES string of the molecule is COc1ccc(CN=C(NCC(=O)N(C)C)NCC2(c3ccccc3F)CC2)cc1. The number of amides is 1. The third-order valence-electron chi connectivity index (χ3n) is 5.38. The van der Waals surface area contributed by atoms with Crippen molar-refractivity contribution >= 4 is 11.9 Å². The lowest BCUT2D eigenvalue weighted by Gasteiger charge is -2.20. The fourth-order valence-corrected chi connectivity index (χ4v) is 3.23. The minimum Gasteiger partial charge on any atom is -0.497 e. The van der Waals surface area contributed by atoms with E-state index >= 15 is 0 Å². The van der Waals surface area contributed by atoms with Crippen LogP contribution in [0.1, 0.15) is 24.0 Å². The summed E-state index contributed by atoms with van der Waals surface area (Å²) < 4.78 is 19.5. The molecule has 1 fully saturated rings. The Morgan fingerprint density at radius 3 is 2.43 bits per heavy atom. The molecule has 0 aromatic heterocycles. The van der Waals surface area contributed by atoms with E-state index in [2.05, 4.69) is 15.6 Å². The molecule has 1 aliphatic carbocycles. The number of likely N-dealkylation sites (N-methyl/N-ethyl adjacent to an activating group) is 1. The number of hydrogen-bond donors (Lipinski definition) is 2. The quantitative estimate of drug-likeness (QED) is 0.517. The monoisotopic (exact) mass is 412 g/mol. The summed E-state index contributed by atoms with van der Waals surface area (Å²) in [5.74, 6) is 1.09. The molecule has 0 aliphatic heterocycles. The molecule has 3 rings (SSSR count). The van der Waals surface area contributed by atoms with Crippen LogP contribution in [0, 0.1) is 5.82 Å². The second-order valence-electron chi connectivity index (χ2n) is 7.77. The Labute approximate surface area is 177 Å². The van der Waals surface area contributed by atoms with Gasteiger partial charge in [0.25, 0.3) is 0 Å². The predicted molar refractivity (Wildman–Crippen MR) is 116 cm³/mol. The van der Waals surface area contributed by atoms with Crippen LogP contribution in [0.15, 0.2) is 53.5 Å². The Hall–Kier alpha value is -3.09. The lowest BCUT2D eigenvalue weighted by atomic mass is 9.95. The van der Waals surface area contributed by atoms with Crippen LogP contribution in [0.4, 0.5) is 4.39 Å². The predicted octanol–water partition coefficient (Wildman–Crippen LogP) is 2.69. The van der Waals surface area contributed by atoms with Crippen molar-refractivity contribution in [3.63, 3.8) is 0 Å². The van der Waals surface area contributed by atoms with E-state index in [0.29, 0.717) is 19.0 Å². The number of ether oxygens (including phenoxy) is 1. The van der Waals surface area contributed by atoms with Crippen molar-refractivity contribution in [2.45, 2.75) is 24.8 Å². The highest BCUT2D eigenvalue weighted by atomic mass is 19.1. The zero-order valence-corrected chi connectivity index (χ0v) is 17.7. The minimum atomic E-state index is -0.223. The third-order valence-corrected chi connectivity index (χ3v) is 5.38. The molecule has 2 aromatic carbocycles. The summed E-state index contributed by atoms with van der Waals surface area (Å²) in [5, 5.41) is 6.40. The van der Waals surface area contributed by atoms with Crippen molar-refractivity contribution in [2.24, 2.45) is 4.99 Å². The van der Waals surface area contributed by atoms with Gasteiger partial charge in [0.1, 0.15) is 11.6 Å². The fourth-order valence-electron chi connectivity index (χ4n) is 3.23. The van der Waals surface area contributed by atoms with Crippen LogP contribution in [0.2, 0.25) is 0 Å². The normalized spacial score (nSPS) is 14.7. The molecule has 0 heterocycles. The lowest BCUT2D eigenvalue weighted by molar-refractivity contribution is -0.127. The second-order valence-corrected chi connectivity index (χ2v) is 7.77. The Balaban J connectivity index is 1.68. The number of methoxy groups -OCH3 is 1. The molecule has 0 bridgehead atoms. The zero-order valence-electron chi connectivity index (χ0n) is 17.7. The van der Waals surface area contributed by atoms with E-state index in [4.69, 9.17) is 4.74 Å². The molecule has 1 amide bonds. The van der Waals surface area contributed by atoms with E-state index in [1.807, 2.05) is 36.4 Å². The van der Waals surface area contributed by atoms with E-state index in [1.54, 1.807) is 27.3 Å². The number of nitrogens with zero attached hydrogens (tertiary/aromatic N) is 2. The summed E-state index contributed by atoms with van der Waals surface area (Å²) in [5.41, 5.74) is 1.53. The lowest BCUT2D eigenvalue weighted by Crippen LogP contribution is -2.45. The molecular weight excluding hydrogens is 383 g/mol. The number of hydrogen-bond acceptors (Lipinski definition) is 3. The van der Waals surface area contributed by atoms with E-state index in [1.165, 1.54) is 11.0 Å². The highest BCUT2D eigenvalue weighted by Crippen LogP contribution is 2.48. The number of rotatable bonds is 8. The van der Waals surface area contributed by atoms with E-state index in [0.717, 1.165) is 29.7 Å². The van der Waals surface area contributed by atoms with Gasteiger partial charge in [0.2, 0.25) is 5.91 Å². The minimum absolute atomic E-state index is 0.0517. The molecular formula is C23H29FN4O2. The summed E-state index contributed by atoms with van der Waals surface area (Å²) in [6.45, 7) is 1.13. The maximum absolute atomic E-state index is 14.3. The molecule has 1 saturated carbocycles. The first-order valence-electron chi connectivity index (χ1n) is 10.0. The number of nitrogens with one attached hydrogen (secondary N) is 2. The van der Waals surface area contributed by atoms with Crippen molar-refractivity contribution in [1.29, 1.82) is 0 Å². The van der Waals surface area contributed by atoms with E-state index in [-0.39, 0.29) is 23.7 Å². The van der Waals surface area contributed by atoms with Crippen LogP contribution in [0.3, 0.4) is 0 Å². The van der Waals surface area contributed by atoms with Gasteiger partial charge in [0.05, 0.1) is 20.2 Å². The fraction of sp³-hybridized carbons (Fsp3) is 0.391. The zero-order chi connectivity index (χ0) is 21.6. The van der Waals surface area contributed by atoms with Crippen LogP contribution < -0.4 is 15.4 Å². The summed E-state index contributed by atoms with van der Waals surface area (Å²) >= 11 is 0. The summed E-state index contributed by atoms with van der Waals surface area (Å²) in [7, 11) is 5.05. The highest BCUT2D eigenvalue weighted by molar-refractivity contribution is 5.86. The molecule has 7 heteroatoms. The Morgan fingerprint density at radius 1 is 1.13 bits per heavy atom. The van der Waals surface area contributed by atoms with Crippen LogP contribution in [0.5, 0.6) is 5.75 Å². The number of carbonyl (C=O) groups excluding carboxylic acids is 1. The molecule has 2 aromatic rings. The van der Waals surface area contributed by atoms with Gasteiger partial charge in [-0.1, -0.05) is 30.3 Å². The van der Waals surface area contributed by atoms with Gasteiger partial charge >= 0.3 is 0 Å². The van der Waals surface area contributed by atoms with Gasteiger partial charge in [-0.05, 0) is 42.2 Å². The van der Waals surface area contributed by atoms with E-state index in [9.17, 15) is 9.18 Å². The number of halogens is 1. The average molecular weight is 413 g/mol. The molecule has 1 aliphatic rings. The van der Waals surface area contributed by atoms with Crippen LogP contribution in [-0.2, 0) is 16.8 Å². The molecule has 0 spiro atoms. The molecule has 0 unspecified atom stereocenters. The van der Waals surface area contributed by atoms with Gasteiger partial charge < -0.3 is 20.3 Å². The van der Waals surface area contributed by atoms with Crippen molar-refractivity contribution < 1.29 is 13.9 Å². The number of aliphatic imine (C=N–C) groups is 1. The Kier molecular flexibility index (Phi) is 6.92. The van der Waals surface area contributed by atoms with Crippen LogP contribution in [0.25, 0.3) is 0 Å². The van der Waals surface area contributed by atoms with Crippen LogP contribution >= 0.6 is 0 Å². The van der Waals surface area contributed by atoms with Crippen LogP contribution in [-0.4, -0.2) is 51.1 Å². The second kappa shape index (κ2) is 9.61. The number of guanidine groups is 1. The number of carbonyl (C=O) groups is 1. The third kappa shape index (κ3) is 5.49. The molecule has 2 N–H and O–H groups in total. The standard InChI is InChI=1S/C23H29FN4O2/c1-28(2)21(29)15-26-22(25-14-17-8-10-18(30-3)11-9-17)27-16-23(12-13-23)19-6-4-5-7-20(19)24/h4-11H,12-16H2,1-3H3,(H2,25,26,27). The van der Waals surface area contributed by atoms with E-state index < -0.39 is 0 Å². The molecule has 0 saturated heterocycles. The van der Waals surface area contributed by atoms with Gasteiger partial charge in [0.15, 0.2) is 5.96 Å². The van der Waals surface area contributed by atoms with Gasteiger partial charge in [-0.2, -0.15) is 0 Å². The van der Waals surface area contributed by atoms with Gasteiger partial charge in [0, 0.05) is 26.1 Å². The number of benzene rings is 2. The first-order valence-corrected chi connectivity index (χ1v) is 10.0. The molecule has 0 atom stereocenters. The maximum atomic E-state index is 14.3. The highest BCUT2D eigenvalue weighted by Gasteiger charge is 2.45. The van der Waals surface area contributed by atoms with Gasteiger partial charge in [-0.15, -0.1) is 0 Å². The first-order chi connectivity index (χ1) is 14.4. The summed E-state index contributed by atoms with van der Waals surface area (Å²) in [6, 6.07) is 14.6. The van der Waals surface area contributed by atoms with Crippen molar-refractivity contribution in [3.8, 4) is 5.75 Å². The first kappa shape index (κ1) is 21.6. The molecule has 0 radical (unpaired) electrons.